The fourth-order valence-corrected chi connectivity index (χ4v) is 0.748. The second-order valence-corrected chi connectivity index (χ2v) is 2.87. The summed E-state index contributed by atoms with van der Waals surface area (Å²) in [5.41, 5.74) is 4.80. The lowest BCUT2D eigenvalue weighted by Gasteiger charge is -2.06. The van der Waals surface area contributed by atoms with Crippen molar-refractivity contribution in [3.05, 3.63) is 0 Å². The van der Waals surface area contributed by atoms with E-state index in [1.807, 2.05) is 0 Å². The summed E-state index contributed by atoms with van der Waals surface area (Å²) in [4.78, 5) is 32.2. The standard InChI is InChI=1S/C8H16N4O4/c1-10-2-7(14)11-3-8(15)12-5-16-4-6(9)13/h10H,2-5H2,1H3,(H2,9,13)(H,11,14)(H,12,15). The van der Waals surface area contributed by atoms with Gasteiger partial charge in [-0.25, -0.2) is 0 Å². The van der Waals surface area contributed by atoms with Crippen molar-refractivity contribution in [2.24, 2.45) is 5.73 Å². The largest absolute Gasteiger partial charge is 0.368 e. The first-order chi connectivity index (χ1) is 7.56. The van der Waals surface area contributed by atoms with Crippen LogP contribution in [-0.4, -0.2) is 51.2 Å². The van der Waals surface area contributed by atoms with Gasteiger partial charge in [0, 0.05) is 0 Å². The second kappa shape index (κ2) is 8.62. The van der Waals surface area contributed by atoms with Crippen LogP contribution in [0.2, 0.25) is 0 Å². The molecule has 3 amide bonds. The Hall–Kier alpha value is -1.67. The molecule has 0 fully saturated rings. The molecule has 0 aromatic carbocycles. The van der Waals surface area contributed by atoms with Crippen molar-refractivity contribution >= 4 is 17.7 Å². The van der Waals surface area contributed by atoms with E-state index in [9.17, 15) is 14.4 Å². The average molecular weight is 232 g/mol. The zero-order valence-electron chi connectivity index (χ0n) is 9.04. The Morgan fingerprint density at radius 3 is 2.31 bits per heavy atom. The maximum Gasteiger partial charge on any atom is 0.243 e. The van der Waals surface area contributed by atoms with E-state index in [0.717, 1.165) is 0 Å². The fourth-order valence-electron chi connectivity index (χ4n) is 0.748. The van der Waals surface area contributed by atoms with E-state index in [0.29, 0.717) is 0 Å². The van der Waals surface area contributed by atoms with E-state index in [1.165, 1.54) is 0 Å². The van der Waals surface area contributed by atoms with Crippen LogP contribution in [0.1, 0.15) is 0 Å². The highest BCUT2D eigenvalue weighted by Crippen LogP contribution is 1.71. The van der Waals surface area contributed by atoms with E-state index >= 15 is 0 Å². The molecule has 0 saturated carbocycles. The van der Waals surface area contributed by atoms with Crippen LogP contribution in [0, 0.1) is 0 Å². The number of carbonyl (C=O) groups is 3. The van der Waals surface area contributed by atoms with Gasteiger partial charge in [-0.05, 0) is 7.05 Å². The van der Waals surface area contributed by atoms with Crippen molar-refractivity contribution in [3.8, 4) is 0 Å². The smallest absolute Gasteiger partial charge is 0.243 e. The first-order valence-corrected chi connectivity index (χ1v) is 4.60. The van der Waals surface area contributed by atoms with Crippen LogP contribution < -0.4 is 21.7 Å². The molecular formula is C8H16N4O4. The van der Waals surface area contributed by atoms with Gasteiger partial charge in [0.15, 0.2) is 0 Å². The highest BCUT2D eigenvalue weighted by Gasteiger charge is 2.03. The van der Waals surface area contributed by atoms with Crippen molar-refractivity contribution in [2.75, 3.05) is 33.5 Å². The molecule has 0 aliphatic rings. The minimum absolute atomic E-state index is 0.121. The van der Waals surface area contributed by atoms with E-state index in [2.05, 4.69) is 20.7 Å². The number of rotatable bonds is 8. The Kier molecular flexibility index (Phi) is 7.72. The van der Waals surface area contributed by atoms with Gasteiger partial charge in [-0.2, -0.15) is 0 Å². The predicted molar refractivity (Wildman–Crippen MR) is 55.1 cm³/mol. The highest BCUT2D eigenvalue weighted by molar-refractivity contribution is 5.85. The lowest BCUT2D eigenvalue weighted by molar-refractivity contribution is -0.128. The summed E-state index contributed by atoms with van der Waals surface area (Å²) >= 11 is 0. The van der Waals surface area contributed by atoms with Crippen LogP contribution in [0.25, 0.3) is 0 Å². The number of carbonyl (C=O) groups excluding carboxylic acids is 3. The molecule has 8 heteroatoms. The topological polar surface area (TPSA) is 123 Å². The number of amides is 3. The Labute approximate surface area is 92.9 Å². The molecule has 0 atom stereocenters. The van der Waals surface area contributed by atoms with E-state index < -0.39 is 11.8 Å². The SMILES string of the molecule is CNCC(=O)NCC(=O)NCOCC(N)=O. The van der Waals surface area contributed by atoms with Crippen LogP contribution in [0.15, 0.2) is 0 Å². The Morgan fingerprint density at radius 2 is 1.75 bits per heavy atom. The van der Waals surface area contributed by atoms with Gasteiger partial charge in [0.05, 0.1) is 13.1 Å². The van der Waals surface area contributed by atoms with Crippen molar-refractivity contribution in [1.82, 2.24) is 16.0 Å². The number of nitrogens with one attached hydrogen (secondary N) is 3. The molecule has 0 unspecified atom stereocenters. The quantitative estimate of drug-likeness (QED) is 0.261. The summed E-state index contributed by atoms with van der Waals surface area (Å²) in [5, 5.41) is 7.34. The van der Waals surface area contributed by atoms with Gasteiger partial charge in [0.1, 0.15) is 13.3 Å². The molecule has 0 aliphatic carbocycles. The first-order valence-electron chi connectivity index (χ1n) is 4.60. The predicted octanol–water partition coefficient (Wildman–Crippen LogP) is -3.10. The van der Waals surface area contributed by atoms with Gasteiger partial charge in [-0.1, -0.05) is 0 Å². The maximum absolute atomic E-state index is 11.1. The lowest BCUT2D eigenvalue weighted by atomic mass is 10.5. The molecule has 0 aromatic heterocycles. The molecule has 0 heterocycles. The van der Waals surface area contributed by atoms with Crippen LogP contribution >= 0.6 is 0 Å². The zero-order valence-corrected chi connectivity index (χ0v) is 9.04. The van der Waals surface area contributed by atoms with Gasteiger partial charge in [-0.15, -0.1) is 0 Å². The summed E-state index contributed by atoms with van der Waals surface area (Å²) in [6, 6.07) is 0. The van der Waals surface area contributed by atoms with Gasteiger partial charge in [0.2, 0.25) is 17.7 Å². The lowest BCUT2D eigenvalue weighted by Crippen LogP contribution is -2.41. The third kappa shape index (κ3) is 8.91. The molecule has 8 nitrogen and oxygen atoms in total. The summed E-state index contributed by atoms with van der Waals surface area (Å²) in [6.45, 7) is -0.373. The maximum atomic E-state index is 11.1. The number of hydrogen-bond donors (Lipinski definition) is 4. The van der Waals surface area contributed by atoms with Gasteiger partial charge >= 0.3 is 0 Å². The highest BCUT2D eigenvalue weighted by atomic mass is 16.5. The molecule has 92 valence electrons. The summed E-state index contributed by atoms with van der Waals surface area (Å²) in [6.07, 6.45) is 0. The van der Waals surface area contributed by atoms with Crippen molar-refractivity contribution in [3.63, 3.8) is 0 Å². The van der Waals surface area contributed by atoms with Gasteiger partial charge < -0.3 is 26.4 Å². The Bertz CT molecular complexity index is 256. The fraction of sp³-hybridized carbons (Fsp3) is 0.625. The molecule has 0 bridgehead atoms. The summed E-state index contributed by atoms with van der Waals surface area (Å²) < 4.78 is 4.69. The molecule has 0 aromatic rings. The molecule has 0 radical (unpaired) electrons. The number of primary amides is 1. The third-order valence-corrected chi connectivity index (χ3v) is 1.40. The van der Waals surface area contributed by atoms with Crippen molar-refractivity contribution < 1.29 is 19.1 Å². The third-order valence-electron chi connectivity index (χ3n) is 1.40. The van der Waals surface area contributed by atoms with Crippen molar-refractivity contribution in [2.45, 2.75) is 0 Å². The summed E-state index contributed by atoms with van der Waals surface area (Å²) in [7, 11) is 1.62. The second-order valence-electron chi connectivity index (χ2n) is 2.87. The molecule has 0 saturated heterocycles. The normalized spacial score (nSPS) is 9.56. The number of hydrogen-bond acceptors (Lipinski definition) is 5. The number of nitrogens with two attached hydrogens (primary N) is 1. The van der Waals surface area contributed by atoms with Crippen LogP contribution in [0.4, 0.5) is 0 Å². The molecule has 0 spiro atoms. The van der Waals surface area contributed by atoms with E-state index in [4.69, 9.17) is 5.73 Å². The van der Waals surface area contributed by atoms with Crippen molar-refractivity contribution in [1.29, 1.82) is 0 Å². The Morgan fingerprint density at radius 1 is 1.12 bits per heavy atom. The van der Waals surface area contributed by atoms with Crippen LogP contribution in [0.3, 0.4) is 0 Å². The number of ether oxygens (including phenoxy) is 1. The molecule has 5 N–H and O–H groups in total. The molecule has 0 rings (SSSR count). The molecule has 16 heavy (non-hydrogen) atoms. The average Bonchev–Trinajstić information content (AvgIpc) is 2.22. The van der Waals surface area contributed by atoms with Gasteiger partial charge in [-0.3, -0.25) is 14.4 Å². The zero-order chi connectivity index (χ0) is 12.4. The van der Waals surface area contributed by atoms with Gasteiger partial charge in [0.25, 0.3) is 0 Å². The first kappa shape index (κ1) is 14.3. The minimum atomic E-state index is -0.614. The molecular weight excluding hydrogens is 216 g/mol. The minimum Gasteiger partial charge on any atom is -0.368 e. The van der Waals surface area contributed by atoms with E-state index in [-0.39, 0.29) is 32.3 Å². The van der Waals surface area contributed by atoms with Crippen LogP contribution in [0.5, 0.6) is 0 Å². The van der Waals surface area contributed by atoms with E-state index in [1.54, 1.807) is 7.05 Å². The van der Waals surface area contributed by atoms with Crippen LogP contribution in [-0.2, 0) is 19.1 Å². The Balaban J connectivity index is 3.44. The number of likely N-dealkylation sites (N-methyl/N-ethyl adjacent to an activating group) is 1. The monoisotopic (exact) mass is 232 g/mol. The molecule has 0 aliphatic heterocycles. The summed E-state index contributed by atoms with van der Waals surface area (Å²) in [5.74, 6) is -1.30.